The van der Waals surface area contributed by atoms with Gasteiger partial charge in [0.15, 0.2) is 0 Å². The fourth-order valence-corrected chi connectivity index (χ4v) is 2.12. The molecule has 1 saturated heterocycles. The van der Waals surface area contributed by atoms with Gasteiger partial charge in [-0.3, -0.25) is 4.79 Å². The van der Waals surface area contributed by atoms with Crippen LogP contribution in [0.25, 0.3) is 0 Å². The highest BCUT2D eigenvalue weighted by Gasteiger charge is 2.43. The van der Waals surface area contributed by atoms with Crippen LogP contribution in [0.1, 0.15) is 25.7 Å². The average molecular weight is 139 g/mol. The molecule has 2 rings (SSSR count). The monoisotopic (exact) mass is 139 g/mol. The quantitative estimate of drug-likeness (QED) is 0.535. The molecule has 1 heterocycles. The molecule has 0 bridgehead atoms. The van der Waals surface area contributed by atoms with Crippen molar-refractivity contribution in [3.05, 3.63) is 0 Å². The Kier molecular flexibility index (Phi) is 1.31. The summed E-state index contributed by atoms with van der Waals surface area (Å²) in [5, 5.41) is 3.35. The van der Waals surface area contributed by atoms with Gasteiger partial charge in [-0.1, -0.05) is 0 Å². The Hall–Kier alpha value is -0.370. The summed E-state index contributed by atoms with van der Waals surface area (Å²) in [6.45, 7) is 2.23. The summed E-state index contributed by atoms with van der Waals surface area (Å²) in [6, 6.07) is 0. The van der Waals surface area contributed by atoms with Crippen molar-refractivity contribution in [1.29, 1.82) is 0 Å². The predicted molar refractivity (Wildman–Crippen MR) is 38.8 cm³/mol. The van der Waals surface area contributed by atoms with Crippen molar-refractivity contribution in [3.8, 4) is 0 Å². The number of Topliss-reactive ketones (excluding diaryl/α,β-unsaturated/α-hetero) is 1. The smallest absolute Gasteiger partial charge is 0.134 e. The Balaban J connectivity index is 1.96. The molecule has 1 aliphatic carbocycles. The number of carbonyl (C=O) groups is 1. The van der Waals surface area contributed by atoms with Crippen LogP contribution in [0.3, 0.4) is 0 Å². The van der Waals surface area contributed by atoms with Crippen LogP contribution in [-0.4, -0.2) is 18.9 Å². The van der Waals surface area contributed by atoms with E-state index in [1.54, 1.807) is 0 Å². The first kappa shape index (κ1) is 6.35. The van der Waals surface area contributed by atoms with Gasteiger partial charge in [-0.25, -0.2) is 0 Å². The van der Waals surface area contributed by atoms with Gasteiger partial charge < -0.3 is 5.32 Å². The minimum absolute atomic E-state index is 0.412. The zero-order valence-corrected chi connectivity index (χ0v) is 6.15. The average Bonchev–Trinajstić information content (AvgIpc) is 1.87. The molecule has 0 amide bonds. The van der Waals surface area contributed by atoms with Crippen molar-refractivity contribution in [3.63, 3.8) is 0 Å². The van der Waals surface area contributed by atoms with E-state index >= 15 is 0 Å². The van der Waals surface area contributed by atoms with E-state index in [2.05, 4.69) is 5.32 Å². The van der Waals surface area contributed by atoms with Gasteiger partial charge in [0, 0.05) is 19.4 Å². The molecule has 0 aromatic heterocycles. The van der Waals surface area contributed by atoms with Crippen molar-refractivity contribution in [2.24, 2.45) is 5.41 Å². The molecular weight excluding hydrogens is 126 g/mol. The molecule has 1 aliphatic heterocycles. The fourth-order valence-electron chi connectivity index (χ4n) is 2.12. The predicted octanol–water partition coefficient (Wildman–Crippen LogP) is 0.719. The maximum atomic E-state index is 10.7. The van der Waals surface area contributed by atoms with Crippen molar-refractivity contribution < 1.29 is 4.79 Å². The zero-order chi connectivity index (χ0) is 7.03. The summed E-state index contributed by atoms with van der Waals surface area (Å²) in [5.41, 5.74) is 0.412. The normalized spacial score (nSPS) is 30.2. The number of nitrogens with one attached hydrogen (secondary N) is 1. The highest BCUT2D eigenvalue weighted by Crippen LogP contribution is 2.42. The second-order valence-corrected chi connectivity index (χ2v) is 3.67. The maximum absolute atomic E-state index is 10.7. The molecule has 0 aromatic rings. The van der Waals surface area contributed by atoms with Gasteiger partial charge in [0.25, 0.3) is 0 Å². The van der Waals surface area contributed by atoms with Crippen LogP contribution in [-0.2, 0) is 4.79 Å². The lowest BCUT2D eigenvalue weighted by atomic mass is 9.64. The Morgan fingerprint density at radius 1 is 1.40 bits per heavy atom. The minimum Gasteiger partial charge on any atom is -0.316 e. The summed E-state index contributed by atoms with van der Waals surface area (Å²) in [4.78, 5) is 10.7. The van der Waals surface area contributed by atoms with E-state index in [0.717, 1.165) is 25.9 Å². The van der Waals surface area contributed by atoms with Crippen LogP contribution in [0.15, 0.2) is 0 Å². The van der Waals surface area contributed by atoms with Crippen LogP contribution >= 0.6 is 0 Å². The van der Waals surface area contributed by atoms with Gasteiger partial charge in [-0.2, -0.15) is 0 Å². The number of hydrogen-bond acceptors (Lipinski definition) is 2. The van der Waals surface area contributed by atoms with E-state index < -0.39 is 0 Å². The Bertz CT molecular complexity index is 149. The molecule has 2 heteroatoms. The lowest BCUT2D eigenvalue weighted by Gasteiger charge is -2.43. The number of ketones is 1. The molecule has 0 atom stereocenters. The molecule has 1 spiro atoms. The Morgan fingerprint density at radius 3 is 2.70 bits per heavy atom. The topological polar surface area (TPSA) is 29.1 Å². The van der Waals surface area contributed by atoms with Crippen LogP contribution in [0, 0.1) is 5.41 Å². The third kappa shape index (κ3) is 0.870. The highest BCUT2D eigenvalue weighted by molar-refractivity contribution is 5.86. The molecule has 2 nitrogen and oxygen atoms in total. The molecule has 56 valence electrons. The van der Waals surface area contributed by atoms with Crippen molar-refractivity contribution in [2.75, 3.05) is 13.1 Å². The zero-order valence-electron chi connectivity index (χ0n) is 6.15. The molecule has 1 N–H and O–H groups in total. The highest BCUT2D eigenvalue weighted by atomic mass is 16.1. The molecule has 1 saturated carbocycles. The lowest BCUT2D eigenvalue weighted by Crippen LogP contribution is -2.48. The van der Waals surface area contributed by atoms with Crippen LogP contribution < -0.4 is 5.32 Å². The second-order valence-electron chi connectivity index (χ2n) is 3.67. The van der Waals surface area contributed by atoms with Crippen LogP contribution in [0.2, 0.25) is 0 Å². The first-order valence-electron chi connectivity index (χ1n) is 4.03. The van der Waals surface area contributed by atoms with E-state index in [1.807, 2.05) is 0 Å². The van der Waals surface area contributed by atoms with Gasteiger partial charge in [0.05, 0.1) is 0 Å². The van der Waals surface area contributed by atoms with Crippen molar-refractivity contribution in [2.45, 2.75) is 25.7 Å². The van der Waals surface area contributed by atoms with Gasteiger partial charge in [0.2, 0.25) is 0 Å². The van der Waals surface area contributed by atoms with Crippen LogP contribution in [0.4, 0.5) is 0 Å². The first-order valence-corrected chi connectivity index (χ1v) is 4.03. The lowest BCUT2D eigenvalue weighted by molar-refractivity contribution is -0.133. The largest absolute Gasteiger partial charge is 0.316 e. The summed E-state index contributed by atoms with van der Waals surface area (Å²) >= 11 is 0. The molecular formula is C8H13NO. The Labute approximate surface area is 61.0 Å². The molecule has 2 fully saturated rings. The third-order valence-corrected chi connectivity index (χ3v) is 2.70. The number of hydrogen-bond donors (Lipinski definition) is 1. The number of rotatable bonds is 0. The summed E-state index contributed by atoms with van der Waals surface area (Å²) in [6.07, 6.45) is 4.22. The van der Waals surface area contributed by atoms with Gasteiger partial charge >= 0.3 is 0 Å². The number of piperidine rings is 1. The molecule has 2 aliphatic rings. The summed E-state index contributed by atoms with van der Waals surface area (Å²) in [7, 11) is 0. The number of carbonyl (C=O) groups excluding carboxylic acids is 1. The van der Waals surface area contributed by atoms with Gasteiger partial charge in [-0.15, -0.1) is 0 Å². The maximum Gasteiger partial charge on any atom is 0.134 e. The van der Waals surface area contributed by atoms with E-state index in [-0.39, 0.29) is 0 Å². The van der Waals surface area contributed by atoms with E-state index in [1.165, 1.54) is 12.8 Å². The third-order valence-electron chi connectivity index (χ3n) is 2.70. The Morgan fingerprint density at radius 2 is 2.20 bits per heavy atom. The summed E-state index contributed by atoms with van der Waals surface area (Å²) in [5.74, 6) is 0.462. The van der Waals surface area contributed by atoms with E-state index in [9.17, 15) is 4.79 Å². The van der Waals surface area contributed by atoms with E-state index in [0.29, 0.717) is 11.2 Å². The molecule has 10 heavy (non-hydrogen) atoms. The molecule has 0 unspecified atom stereocenters. The van der Waals surface area contributed by atoms with Gasteiger partial charge in [0.1, 0.15) is 5.78 Å². The van der Waals surface area contributed by atoms with E-state index in [4.69, 9.17) is 0 Å². The minimum atomic E-state index is 0.412. The van der Waals surface area contributed by atoms with Gasteiger partial charge in [-0.05, 0) is 24.8 Å². The fraction of sp³-hybridized carbons (Fsp3) is 0.875. The van der Waals surface area contributed by atoms with Crippen molar-refractivity contribution >= 4 is 5.78 Å². The summed E-state index contributed by atoms with van der Waals surface area (Å²) < 4.78 is 0. The second kappa shape index (κ2) is 2.06. The molecule has 0 radical (unpaired) electrons. The standard InChI is InChI=1S/C8H13NO/c10-7-4-8(5-7)2-1-3-9-6-8/h9H,1-6H2. The molecule has 0 aromatic carbocycles. The SMILES string of the molecule is O=C1CC2(CCCNC2)C1. The van der Waals surface area contributed by atoms with Crippen LogP contribution in [0.5, 0.6) is 0 Å². The van der Waals surface area contributed by atoms with Crippen molar-refractivity contribution in [1.82, 2.24) is 5.32 Å². The first-order chi connectivity index (χ1) is 4.81.